The summed E-state index contributed by atoms with van der Waals surface area (Å²) >= 11 is 0. The van der Waals surface area contributed by atoms with Gasteiger partial charge in [-0.2, -0.15) is 13.2 Å². The van der Waals surface area contributed by atoms with Crippen LogP contribution in [0, 0.1) is 5.41 Å². The number of amides is 1. The highest BCUT2D eigenvalue weighted by Crippen LogP contribution is 2.32. The van der Waals surface area contributed by atoms with E-state index in [-0.39, 0.29) is 24.7 Å². The SMILES string of the molecule is CC(C)(C)C(=O)NCCN(c1cccc(C(F)(F)F)c1)S(C)(=O)=O. The molecule has 0 saturated carbocycles. The molecule has 24 heavy (non-hydrogen) atoms. The number of anilines is 1. The normalized spacial score (nSPS) is 12.8. The molecule has 0 radical (unpaired) electrons. The van der Waals surface area contributed by atoms with Gasteiger partial charge in [0.25, 0.3) is 0 Å². The van der Waals surface area contributed by atoms with E-state index in [0.29, 0.717) is 0 Å². The number of rotatable bonds is 5. The predicted molar refractivity (Wildman–Crippen MR) is 86.1 cm³/mol. The molecular weight excluding hydrogens is 345 g/mol. The minimum absolute atomic E-state index is 0.0145. The molecule has 0 unspecified atom stereocenters. The zero-order valence-corrected chi connectivity index (χ0v) is 14.8. The van der Waals surface area contributed by atoms with Crippen LogP contribution < -0.4 is 9.62 Å². The lowest BCUT2D eigenvalue weighted by Gasteiger charge is -2.24. The Morgan fingerprint density at radius 2 is 1.79 bits per heavy atom. The Morgan fingerprint density at radius 1 is 1.21 bits per heavy atom. The molecule has 0 atom stereocenters. The number of hydrogen-bond donors (Lipinski definition) is 1. The standard InChI is InChI=1S/C15H21F3N2O3S/c1-14(2,3)13(21)19-8-9-20(24(4,22)23)12-7-5-6-11(10-12)15(16,17)18/h5-7,10H,8-9H2,1-4H3,(H,19,21). The van der Waals surface area contributed by atoms with Gasteiger partial charge in [-0.3, -0.25) is 9.10 Å². The molecule has 1 N–H and O–H groups in total. The van der Waals surface area contributed by atoms with Crippen molar-refractivity contribution >= 4 is 21.6 Å². The number of sulfonamides is 1. The Bertz CT molecular complexity index is 695. The molecule has 0 saturated heterocycles. The molecule has 1 aromatic rings. The summed E-state index contributed by atoms with van der Waals surface area (Å²) in [5.41, 5.74) is -1.68. The number of nitrogens with one attached hydrogen (secondary N) is 1. The van der Waals surface area contributed by atoms with Crippen molar-refractivity contribution in [2.24, 2.45) is 5.41 Å². The molecule has 1 rings (SSSR count). The van der Waals surface area contributed by atoms with E-state index in [1.54, 1.807) is 20.8 Å². The monoisotopic (exact) mass is 366 g/mol. The second-order valence-electron chi connectivity index (χ2n) is 6.39. The molecule has 0 spiro atoms. The molecule has 1 aromatic carbocycles. The van der Waals surface area contributed by atoms with Crippen LogP contribution in [-0.4, -0.2) is 33.7 Å². The van der Waals surface area contributed by atoms with E-state index in [9.17, 15) is 26.4 Å². The second kappa shape index (κ2) is 7.00. The first-order valence-corrected chi connectivity index (χ1v) is 9.01. The van der Waals surface area contributed by atoms with Crippen molar-refractivity contribution in [1.29, 1.82) is 0 Å². The van der Waals surface area contributed by atoms with Crippen LogP contribution in [0.5, 0.6) is 0 Å². The fourth-order valence-electron chi connectivity index (χ4n) is 1.86. The van der Waals surface area contributed by atoms with Crippen LogP contribution in [0.3, 0.4) is 0 Å². The molecular formula is C15H21F3N2O3S. The molecule has 9 heteroatoms. The highest BCUT2D eigenvalue weighted by molar-refractivity contribution is 7.92. The highest BCUT2D eigenvalue weighted by Gasteiger charge is 2.31. The van der Waals surface area contributed by atoms with E-state index in [0.717, 1.165) is 28.8 Å². The number of benzene rings is 1. The summed E-state index contributed by atoms with van der Waals surface area (Å²) in [6.45, 7) is 4.91. The third-order valence-corrected chi connectivity index (χ3v) is 4.34. The first-order valence-electron chi connectivity index (χ1n) is 7.16. The van der Waals surface area contributed by atoms with E-state index in [4.69, 9.17) is 0 Å². The minimum Gasteiger partial charge on any atom is -0.354 e. The summed E-state index contributed by atoms with van der Waals surface area (Å²) in [6, 6.07) is 4.06. The molecule has 5 nitrogen and oxygen atoms in total. The fourth-order valence-corrected chi connectivity index (χ4v) is 2.78. The Labute approximate surface area is 139 Å². The van der Waals surface area contributed by atoms with Crippen LogP contribution in [0.4, 0.5) is 18.9 Å². The van der Waals surface area contributed by atoms with Crippen LogP contribution in [0.2, 0.25) is 0 Å². The summed E-state index contributed by atoms with van der Waals surface area (Å²) in [6.07, 6.45) is -3.67. The van der Waals surface area contributed by atoms with Gasteiger partial charge in [0.15, 0.2) is 0 Å². The van der Waals surface area contributed by atoms with Gasteiger partial charge in [-0.25, -0.2) is 8.42 Å². The van der Waals surface area contributed by atoms with Crippen molar-refractivity contribution < 1.29 is 26.4 Å². The lowest BCUT2D eigenvalue weighted by Crippen LogP contribution is -2.41. The largest absolute Gasteiger partial charge is 0.416 e. The molecule has 1 amide bonds. The number of halogens is 3. The molecule has 136 valence electrons. The number of alkyl halides is 3. The maximum atomic E-state index is 12.8. The van der Waals surface area contributed by atoms with Gasteiger partial charge in [0.05, 0.1) is 24.1 Å². The summed E-state index contributed by atoms with van der Waals surface area (Å²) < 4.78 is 63.0. The van der Waals surface area contributed by atoms with E-state index < -0.39 is 27.2 Å². The van der Waals surface area contributed by atoms with E-state index >= 15 is 0 Å². The zero-order valence-electron chi connectivity index (χ0n) is 13.9. The Morgan fingerprint density at radius 3 is 2.25 bits per heavy atom. The second-order valence-corrected chi connectivity index (χ2v) is 8.30. The maximum Gasteiger partial charge on any atom is 0.416 e. The smallest absolute Gasteiger partial charge is 0.354 e. The highest BCUT2D eigenvalue weighted by atomic mass is 32.2. The van der Waals surface area contributed by atoms with Crippen LogP contribution in [0.1, 0.15) is 26.3 Å². The summed E-state index contributed by atoms with van der Waals surface area (Å²) in [5, 5.41) is 2.57. The number of carbonyl (C=O) groups excluding carboxylic acids is 1. The van der Waals surface area contributed by atoms with Crippen molar-refractivity contribution in [3.63, 3.8) is 0 Å². The molecule has 0 heterocycles. The third-order valence-electron chi connectivity index (χ3n) is 3.14. The first kappa shape index (κ1) is 20.3. The lowest BCUT2D eigenvalue weighted by molar-refractivity contribution is -0.137. The zero-order chi connectivity index (χ0) is 18.8. The van der Waals surface area contributed by atoms with E-state index in [1.165, 1.54) is 6.07 Å². The average molecular weight is 366 g/mol. The predicted octanol–water partition coefficient (Wildman–Crippen LogP) is 2.63. The molecule has 0 aliphatic heterocycles. The first-order chi connectivity index (χ1) is 10.7. The summed E-state index contributed by atoms with van der Waals surface area (Å²) in [7, 11) is -3.80. The minimum atomic E-state index is -4.57. The van der Waals surface area contributed by atoms with Gasteiger partial charge in [0, 0.05) is 12.0 Å². The summed E-state index contributed by atoms with van der Waals surface area (Å²) in [5.74, 6) is -0.278. The quantitative estimate of drug-likeness (QED) is 0.871. The van der Waals surface area contributed by atoms with Crippen molar-refractivity contribution in [2.75, 3.05) is 23.7 Å². The Balaban J connectivity index is 2.98. The van der Waals surface area contributed by atoms with Gasteiger partial charge in [-0.1, -0.05) is 26.8 Å². The lowest BCUT2D eigenvalue weighted by atomic mass is 9.96. The fraction of sp³-hybridized carbons (Fsp3) is 0.533. The molecule has 0 aromatic heterocycles. The molecule has 0 aliphatic carbocycles. The topological polar surface area (TPSA) is 66.5 Å². The van der Waals surface area contributed by atoms with Gasteiger partial charge in [0.1, 0.15) is 0 Å². The number of nitrogens with zero attached hydrogens (tertiary/aromatic N) is 1. The van der Waals surface area contributed by atoms with E-state index in [2.05, 4.69) is 5.32 Å². The molecule has 0 aliphatic rings. The van der Waals surface area contributed by atoms with E-state index in [1.807, 2.05) is 0 Å². The van der Waals surface area contributed by atoms with Gasteiger partial charge >= 0.3 is 6.18 Å². The summed E-state index contributed by atoms with van der Waals surface area (Å²) in [4.78, 5) is 11.8. The van der Waals surface area contributed by atoms with Crippen LogP contribution >= 0.6 is 0 Å². The van der Waals surface area contributed by atoms with Gasteiger partial charge < -0.3 is 5.32 Å². The Hall–Kier alpha value is -1.77. The van der Waals surface area contributed by atoms with Crippen LogP contribution in [0.15, 0.2) is 24.3 Å². The van der Waals surface area contributed by atoms with Crippen molar-refractivity contribution in [3.8, 4) is 0 Å². The third kappa shape index (κ3) is 5.70. The Kier molecular flexibility index (Phi) is 5.91. The molecule has 0 bridgehead atoms. The van der Waals surface area contributed by atoms with Crippen LogP contribution in [0.25, 0.3) is 0 Å². The number of hydrogen-bond acceptors (Lipinski definition) is 3. The molecule has 0 fully saturated rings. The van der Waals surface area contributed by atoms with Crippen LogP contribution in [-0.2, 0) is 21.0 Å². The van der Waals surface area contributed by atoms with Crippen molar-refractivity contribution in [3.05, 3.63) is 29.8 Å². The van der Waals surface area contributed by atoms with Gasteiger partial charge in [-0.15, -0.1) is 0 Å². The maximum absolute atomic E-state index is 12.8. The number of carbonyl (C=O) groups is 1. The average Bonchev–Trinajstić information content (AvgIpc) is 2.40. The van der Waals surface area contributed by atoms with Crippen molar-refractivity contribution in [2.45, 2.75) is 26.9 Å². The van der Waals surface area contributed by atoms with Gasteiger partial charge in [0.2, 0.25) is 15.9 Å². The van der Waals surface area contributed by atoms with Gasteiger partial charge in [-0.05, 0) is 18.2 Å². The van der Waals surface area contributed by atoms with Crippen molar-refractivity contribution in [1.82, 2.24) is 5.32 Å².